The van der Waals surface area contributed by atoms with Crippen LogP contribution in [0.2, 0.25) is 0 Å². The number of sulfone groups is 1. The summed E-state index contributed by atoms with van der Waals surface area (Å²) < 4.78 is 24.6. The minimum atomic E-state index is -2.76. The van der Waals surface area contributed by atoms with E-state index in [1.165, 1.54) is 0 Å². The van der Waals surface area contributed by atoms with Crippen LogP contribution in [0.5, 0.6) is 0 Å². The summed E-state index contributed by atoms with van der Waals surface area (Å²) in [5, 5.41) is 3.48. The zero-order valence-electron chi connectivity index (χ0n) is 10.0. The number of nitrogens with zero attached hydrogens (tertiary/aromatic N) is 2. The van der Waals surface area contributed by atoms with E-state index in [0.29, 0.717) is 23.6 Å². The largest absolute Gasteiger partial charge is 0.336 e. The van der Waals surface area contributed by atoms with E-state index in [1.54, 1.807) is 12.5 Å². The molecule has 1 saturated heterocycles. The molecule has 1 atom stereocenters. The lowest BCUT2D eigenvalue weighted by atomic mass is 10.1. The van der Waals surface area contributed by atoms with Gasteiger partial charge in [-0.2, -0.15) is 0 Å². The van der Waals surface area contributed by atoms with Gasteiger partial charge in [-0.1, -0.05) is 0 Å². The molecular formula is C11H19N3O2S. The Morgan fingerprint density at radius 1 is 1.47 bits per heavy atom. The predicted molar refractivity (Wildman–Crippen MR) is 66.5 cm³/mol. The van der Waals surface area contributed by atoms with Gasteiger partial charge in [-0.15, -0.1) is 0 Å². The maximum Gasteiger partial charge on any atom is 0.150 e. The molecule has 1 N–H and O–H groups in total. The highest BCUT2D eigenvalue weighted by Crippen LogP contribution is 2.12. The van der Waals surface area contributed by atoms with Crippen molar-refractivity contribution in [3.05, 3.63) is 18.7 Å². The molecule has 1 fully saturated rings. The average Bonchev–Trinajstić information content (AvgIpc) is 2.74. The van der Waals surface area contributed by atoms with E-state index in [2.05, 4.69) is 17.2 Å². The first-order valence-electron chi connectivity index (χ1n) is 5.97. The summed E-state index contributed by atoms with van der Waals surface area (Å²) >= 11 is 0. The molecule has 5 nitrogen and oxygen atoms in total. The normalized spacial score (nSPS) is 22.4. The van der Waals surface area contributed by atoms with E-state index in [0.717, 1.165) is 19.4 Å². The van der Waals surface area contributed by atoms with Gasteiger partial charge in [0.05, 0.1) is 17.8 Å². The molecule has 0 spiro atoms. The Hall–Kier alpha value is -0.880. The first-order valence-corrected chi connectivity index (χ1v) is 7.79. The number of hydrogen-bond acceptors (Lipinski definition) is 4. The topological polar surface area (TPSA) is 64.0 Å². The molecule has 1 aliphatic heterocycles. The predicted octanol–water partition coefficient (Wildman–Crippen LogP) is 0.438. The highest BCUT2D eigenvalue weighted by molar-refractivity contribution is 7.91. The van der Waals surface area contributed by atoms with E-state index in [-0.39, 0.29) is 0 Å². The van der Waals surface area contributed by atoms with Gasteiger partial charge in [0.15, 0.2) is 0 Å². The Morgan fingerprint density at radius 2 is 2.18 bits per heavy atom. The van der Waals surface area contributed by atoms with Gasteiger partial charge < -0.3 is 9.88 Å². The summed E-state index contributed by atoms with van der Waals surface area (Å²) in [6.45, 7) is 2.98. The van der Waals surface area contributed by atoms with E-state index in [1.807, 2.05) is 10.8 Å². The Morgan fingerprint density at radius 3 is 2.76 bits per heavy atom. The molecule has 6 heteroatoms. The first-order chi connectivity index (χ1) is 8.05. The van der Waals surface area contributed by atoms with Gasteiger partial charge in [-0.05, 0) is 19.8 Å². The van der Waals surface area contributed by atoms with Crippen molar-refractivity contribution in [1.29, 1.82) is 0 Å². The van der Waals surface area contributed by atoms with Crippen LogP contribution in [-0.2, 0) is 16.4 Å². The highest BCUT2D eigenvalue weighted by atomic mass is 32.2. The highest BCUT2D eigenvalue weighted by Gasteiger charge is 2.24. The third kappa shape index (κ3) is 3.81. The van der Waals surface area contributed by atoms with Crippen molar-refractivity contribution in [2.75, 3.05) is 11.5 Å². The van der Waals surface area contributed by atoms with Crippen molar-refractivity contribution in [1.82, 2.24) is 14.9 Å². The van der Waals surface area contributed by atoms with Crippen LogP contribution in [0.4, 0.5) is 0 Å². The number of aromatic nitrogens is 2. The average molecular weight is 257 g/mol. The second-order valence-corrected chi connectivity index (χ2v) is 7.06. The summed E-state index contributed by atoms with van der Waals surface area (Å²) in [5.41, 5.74) is 0. The molecule has 96 valence electrons. The van der Waals surface area contributed by atoms with Crippen LogP contribution in [0.25, 0.3) is 0 Å². The van der Waals surface area contributed by atoms with Gasteiger partial charge in [0.2, 0.25) is 0 Å². The van der Waals surface area contributed by atoms with Gasteiger partial charge in [-0.25, -0.2) is 13.4 Å². The number of imidazole rings is 1. The quantitative estimate of drug-likeness (QED) is 0.850. The molecule has 0 aliphatic carbocycles. The molecule has 1 aromatic rings. The molecule has 1 aromatic heterocycles. The van der Waals surface area contributed by atoms with Crippen LogP contribution in [0.15, 0.2) is 18.7 Å². The maximum absolute atomic E-state index is 11.3. The minimum absolute atomic E-state index is 0.322. The van der Waals surface area contributed by atoms with E-state index < -0.39 is 9.84 Å². The number of rotatable bonds is 4. The van der Waals surface area contributed by atoms with E-state index in [4.69, 9.17) is 0 Å². The fraction of sp³-hybridized carbons (Fsp3) is 0.727. The Labute approximate surface area is 102 Å². The van der Waals surface area contributed by atoms with E-state index >= 15 is 0 Å². The van der Waals surface area contributed by atoms with Crippen molar-refractivity contribution in [2.45, 2.75) is 38.4 Å². The fourth-order valence-electron chi connectivity index (χ4n) is 2.22. The first kappa shape index (κ1) is 12.6. The summed E-state index contributed by atoms with van der Waals surface area (Å²) in [4.78, 5) is 4.00. The van der Waals surface area contributed by atoms with Crippen LogP contribution < -0.4 is 5.32 Å². The molecule has 1 aliphatic rings. The minimum Gasteiger partial charge on any atom is -0.336 e. The fourth-order valence-corrected chi connectivity index (χ4v) is 3.71. The van der Waals surface area contributed by atoms with Gasteiger partial charge in [-0.3, -0.25) is 0 Å². The maximum atomic E-state index is 11.3. The molecule has 0 amide bonds. The molecule has 0 aromatic carbocycles. The van der Waals surface area contributed by atoms with Crippen LogP contribution in [0.1, 0.15) is 19.8 Å². The van der Waals surface area contributed by atoms with Gasteiger partial charge in [0.1, 0.15) is 9.84 Å². The smallest absolute Gasteiger partial charge is 0.150 e. The van der Waals surface area contributed by atoms with Gasteiger partial charge in [0.25, 0.3) is 0 Å². The standard InChI is InChI=1S/C11H19N3O2S/c1-10(8-14-5-4-12-9-14)13-11-2-6-17(15,16)7-3-11/h4-5,9-11,13H,2-3,6-8H2,1H3. The second-order valence-electron chi connectivity index (χ2n) is 4.75. The summed E-state index contributed by atoms with van der Waals surface area (Å²) in [5.74, 6) is 0.644. The van der Waals surface area contributed by atoms with Crippen LogP contribution in [0, 0.1) is 0 Å². The SMILES string of the molecule is CC(Cn1ccnc1)NC1CCS(=O)(=O)CC1. The van der Waals surface area contributed by atoms with Crippen molar-refractivity contribution in [3.8, 4) is 0 Å². The Kier molecular flexibility index (Phi) is 3.83. The third-order valence-electron chi connectivity index (χ3n) is 3.12. The molecule has 17 heavy (non-hydrogen) atoms. The molecule has 0 bridgehead atoms. The van der Waals surface area contributed by atoms with Gasteiger partial charge >= 0.3 is 0 Å². The zero-order valence-corrected chi connectivity index (χ0v) is 10.9. The van der Waals surface area contributed by atoms with Gasteiger partial charge in [0, 0.05) is 31.0 Å². The second kappa shape index (κ2) is 5.18. The van der Waals surface area contributed by atoms with Crippen LogP contribution in [0.3, 0.4) is 0 Å². The van der Waals surface area contributed by atoms with Crippen molar-refractivity contribution < 1.29 is 8.42 Å². The molecular weight excluding hydrogens is 238 g/mol. The third-order valence-corrected chi connectivity index (χ3v) is 4.83. The molecule has 0 saturated carbocycles. The van der Waals surface area contributed by atoms with Crippen molar-refractivity contribution in [3.63, 3.8) is 0 Å². The monoisotopic (exact) mass is 257 g/mol. The summed E-state index contributed by atoms with van der Waals surface area (Å²) in [6, 6.07) is 0.659. The Balaban J connectivity index is 1.78. The summed E-state index contributed by atoms with van der Waals surface area (Å²) in [7, 11) is -2.76. The number of nitrogens with one attached hydrogen (secondary N) is 1. The van der Waals surface area contributed by atoms with Crippen LogP contribution in [-0.4, -0.2) is 41.6 Å². The lowest BCUT2D eigenvalue weighted by molar-refractivity contribution is 0.384. The molecule has 1 unspecified atom stereocenters. The lowest BCUT2D eigenvalue weighted by Gasteiger charge is -2.26. The molecule has 0 radical (unpaired) electrons. The van der Waals surface area contributed by atoms with Crippen molar-refractivity contribution in [2.24, 2.45) is 0 Å². The lowest BCUT2D eigenvalue weighted by Crippen LogP contribution is -2.43. The molecule has 2 rings (SSSR count). The number of hydrogen-bond donors (Lipinski definition) is 1. The van der Waals surface area contributed by atoms with Crippen molar-refractivity contribution >= 4 is 9.84 Å². The van der Waals surface area contributed by atoms with E-state index in [9.17, 15) is 8.42 Å². The zero-order chi connectivity index (χ0) is 12.3. The summed E-state index contributed by atoms with van der Waals surface area (Å²) in [6.07, 6.45) is 6.96. The van der Waals surface area contributed by atoms with Crippen LogP contribution >= 0.6 is 0 Å². The Bertz CT molecular complexity index is 427. The molecule has 2 heterocycles.